The molecule has 1 aliphatic rings. The number of pyridine rings is 1. The maximum Gasteiger partial charge on any atom is 0.433 e. The van der Waals surface area contributed by atoms with Crippen LogP contribution in [0.15, 0.2) is 12.1 Å². The topological polar surface area (TPSA) is 62.2 Å². The van der Waals surface area contributed by atoms with Gasteiger partial charge in [-0.3, -0.25) is 4.79 Å². The first-order valence-corrected chi connectivity index (χ1v) is 8.53. The maximum absolute atomic E-state index is 12.8. The van der Waals surface area contributed by atoms with Gasteiger partial charge in [0.2, 0.25) is 0 Å². The number of thiophene rings is 1. The lowest BCUT2D eigenvalue weighted by molar-refractivity contribution is -0.140. The van der Waals surface area contributed by atoms with Crippen LogP contribution in [-0.4, -0.2) is 28.1 Å². The molecule has 8 heteroatoms. The molecule has 1 amide bonds. The number of halogens is 3. The van der Waals surface area contributed by atoms with Crippen LogP contribution in [0.2, 0.25) is 0 Å². The first-order valence-electron chi connectivity index (χ1n) is 7.72. The molecule has 130 valence electrons. The number of hydrogen-bond donors (Lipinski definition) is 2. The molecule has 4 nitrogen and oxygen atoms in total. The summed E-state index contributed by atoms with van der Waals surface area (Å²) in [6.07, 6.45) is -2.12. The third-order valence-corrected chi connectivity index (χ3v) is 5.53. The summed E-state index contributed by atoms with van der Waals surface area (Å²) in [7, 11) is 0. The standard InChI is InChI=1S/C16H17F3N2O2S/c1-8-11-6-7-12(16(17,18)19)21-15(11)24-13(8)14(23)20-9-2-4-10(22)5-3-9/h6-7,9-10,22H,2-5H2,1H3,(H,20,23). The van der Waals surface area contributed by atoms with Crippen molar-refractivity contribution in [3.8, 4) is 0 Å². The van der Waals surface area contributed by atoms with Gasteiger partial charge in [-0.1, -0.05) is 0 Å². The molecular weight excluding hydrogens is 341 g/mol. The van der Waals surface area contributed by atoms with Crippen LogP contribution in [0.3, 0.4) is 0 Å². The zero-order valence-corrected chi connectivity index (χ0v) is 13.8. The van der Waals surface area contributed by atoms with Crippen LogP contribution in [0.1, 0.15) is 46.6 Å². The van der Waals surface area contributed by atoms with Gasteiger partial charge in [-0.05, 0) is 50.3 Å². The van der Waals surface area contributed by atoms with E-state index >= 15 is 0 Å². The number of aromatic nitrogens is 1. The minimum absolute atomic E-state index is 0.00999. The highest BCUT2D eigenvalue weighted by atomic mass is 32.1. The van der Waals surface area contributed by atoms with E-state index in [1.807, 2.05) is 0 Å². The lowest BCUT2D eigenvalue weighted by Gasteiger charge is -2.26. The predicted octanol–water partition coefficient (Wildman–Crippen LogP) is 3.66. The Balaban J connectivity index is 1.84. The smallest absolute Gasteiger partial charge is 0.393 e. The van der Waals surface area contributed by atoms with Gasteiger partial charge in [0.25, 0.3) is 5.91 Å². The van der Waals surface area contributed by atoms with Crippen LogP contribution >= 0.6 is 11.3 Å². The summed E-state index contributed by atoms with van der Waals surface area (Å²) in [5.74, 6) is -0.287. The van der Waals surface area contributed by atoms with Gasteiger partial charge in [0.15, 0.2) is 0 Å². The van der Waals surface area contributed by atoms with Crippen LogP contribution in [0.4, 0.5) is 13.2 Å². The van der Waals surface area contributed by atoms with Gasteiger partial charge in [-0.15, -0.1) is 11.3 Å². The molecule has 2 aromatic heterocycles. The molecule has 2 heterocycles. The first kappa shape index (κ1) is 17.2. The summed E-state index contributed by atoms with van der Waals surface area (Å²) < 4.78 is 38.3. The lowest BCUT2D eigenvalue weighted by Crippen LogP contribution is -2.38. The quantitative estimate of drug-likeness (QED) is 0.861. The van der Waals surface area contributed by atoms with Gasteiger partial charge >= 0.3 is 6.18 Å². The summed E-state index contributed by atoms with van der Waals surface area (Å²) in [6, 6.07) is 2.29. The number of hydrogen-bond acceptors (Lipinski definition) is 4. The van der Waals surface area contributed by atoms with E-state index in [1.54, 1.807) is 6.92 Å². The fourth-order valence-electron chi connectivity index (χ4n) is 2.94. The Morgan fingerprint density at radius 2 is 1.96 bits per heavy atom. The molecule has 0 saturated heterocycles. The average Bonchev–Trinajstić information content (AvgIpc) is 2.85. The van der Waals surface area contributed by atoms with E-state index < -0.39 is 11.9 Å². The minimum Gasteiger partial charge on any atom is -0.393 e. The molecule has 1 aliphatic carbocycles. The molecule has 2 N–H and O–H groups in total. The van der Waals surface area contributed by atoms with Crippen molar-refractivity contribution in [1.29, 1.82) is 0 Å². The summed E-state index contributed by atoms with van der Waals surface area (Å²) in [6.45, 7) is 1.72. The normalized spacial score (nSPS) is 21.9. The van der Waals surface area contributed by atoms with Crippen molar-refractivity contribution in [3.63, 3.8) is 0 Å². The van der Waals surface area contributed by atoms with Crippen molar-refractivity contribution in [2.24, 2.45) is 0 Å². The number of nitrogens with one attached hydrogen (secondary N) is 1. The summed E-state index contributed by atoms with van der Waals surface area (Å²) in [4.78, 5) is 16.7. The van der Waals surface area contributed by atoms with Crippen LogP contribution in [0.25, 0.3) is 10.2 Å². The van der Waals surface area contributed by atoms with E-state index in [0.29, 0.717) is 41.5 Å². The molecule has 3 rings (SSSR count). The van der Waals surface area contributed by atoms with Crippen LogP contribution in [0, 0.1) is 6.92 Å². The second-order valence-corrected chi connectivity index (χ2v) is 7.08. The SMILES string of the molecule is Cc1c(C(=O)NC2CCC(O)CC2)sc2nc(C(F)(F)F)ccc12. The van der Waals surface area contributed by atoms with E-state index in [9.17, 15) is 23.1 Å². The molecule has 1 fully saturated rings. The fourth-order valence-corrected chi connectivity index (χ4v) is 4.03. The highest BCUT2D eigenvalue weighted by molar-refractivity contribution is 7.20. The van der Waals surface area contributed by atoms with Crippen molar-refractivity contribution in [3.05, 3.63) is 28.3 Å². The molecule has 0 unspecified atom stereocenters. The van der Waals surface area contributed by atoms with E-state index in [4.69, 9.17) is 0 Å². The summed E-state index contributed by atoms with van der Waals surface area (Å²) >= 11 is 0.979. The molecule has 0 aromatic carbocycles. The second-order valence-electron chi connectivity index (χ2n) is 6.08. The first-order chi connectivity index (χ1) is 11.3. The number of aliphatic hydroxyl groups is 1. The summed E-state index contributed by atoms with van der Waals surface area (Å²) in [5.41, 5.74) is -0.311. The van der Waals surface area contributed by atoms with Gasteiger partial charge < -0.3 is 10.4 Å². The molecule has 0 aliphatic heterocycles. The molecule has 0 spiro atoms. The van der Waals surface area contributed by atoms with Crippen molar-refractivity contribution in [1.82, 2.24) is 10.3 Å². The molecular formula is C16H17F3N2O2S. The number of aliphatic hydroxyl groups excluding tert-OH is 1. The highest BCUT2D eigenvalue weighted by Crippen LogP contribution is 2.34. The Hall–Kier alpha value is -1.67. The number of nitrogens with zero attached hydrogens (tertiary/aromatic N) is 1. The second kappa shape index (κ2) is 6.33. The number of carbonyl (C=O) groups is 1. The van der Waals surface area contributed by atoms with Crippen molar-refractivity contribution in [2.75, 3.05) is 0 Å². The van der Waals surface area contributed by atoms with E-state index in [1.165, 1.54) is 6.07 Å². The molecule has 0 bridgehead atoms. The van der Waals surface area contributed by atoms with Crippen LogP contribution < -0.4 is 5.32 Å². The number of rotatable bonds is 2. The number of amides is 1. The predicted molar refractivity (Wildman–Crippen MR) is 85.1 cm³/mol. The maximum atomic E-state index is 12.8. The van der Waals surface area contributed by atoms with Gasteiger partial charge in [0.1, 0.15) is 10.5 Å². The van der Waals surface area contributed by atoms with E-state index in [0.717, 1.165) is 17.4 Å². The number of aryl methyl sites for hydroxylation is 1. The highest BCUT2D eigenvalue weighted by Gasteiger charge is 2.33. The Morgan fingerprint density at radius 3 is 2.58 bits per heavy atom. The van der Waals surface area contributed by atoms with Gasteiger partial charge in [-0.2, -0.15) is 13.2 Å². The lowest BCUT2D eigenvalue weighted by atomic mass is 9.93. The zero-order valence-electron chi connectivity index (χ0n) is 13.0. The monoisotopic (exact) mass is 358 g/mol. The Bertz CT molecular complexity index is 765. The molecule has 1 saturated carbocycles. The van der Waals surface area contributed by atoms with Gasteiger partial charge in [0, 0.05) is 11.4 Å². The molecule has 0 radical (unpaired) electrons. The van der Waals surface area contributed by atoms with Gasteiger partial charge in [0.05, 0.1) is 11.0 Å². The third kappa shape index (κ3) is 3.39. The van der Waals surface area contributed by atoms with Crippen LogP contribution in [0.5, 0.6) is 0 Å². The van der Waals surface area contributed by atoms with Crippen molar-refractivity contribution in [2.45, 2.75) is 50.9 Å². The largest absolute Gasteiger partial charge is 0.433 e. The Morgan fingerprint density at radius 1 is 1.29 bits per heavy atom. The third-order valence-electron chi connectivity index (χ3n) is 4.33. The molecule has 0 atom stereocenters. The van der Waals surface area contributed by atoms with Crippen molar-refractivity contribution < 1.29 is 23.1 Å². The average molecular weight is 358 g/mol. The molecule has 2 aromatic rings. The van der Waals surface area contributed by atoms with E-state index in [-0.39, 0.29) is 22.9 Å². The number of fused-ring (bicyclic) bond motifs is 1. The number of carbonyl (C=O) groups excluding carboxylic acids is 1. The van der Waals surface area contributed by atoms with Crippen molar-refractivity contribution >= 4 is 27.5 Å². The fraction of sp³-hybridized carbons (Fsp3) is 0.500. The summed E-state index contributed by atoms with van der Waals surface area (Å²) in [5, 5.41) is 13.0. The van der Waals surface area contributed by atoms with Crippen LogP contribution in [-0.2, 0) is 6.18 Å². The Kier molecular flexibility index (Phi) is 4.52. The van der Waals surface area contributed by atoms with Gasteiger partial charge in [-0.25, -0.2) is 4.98 Å². The number of alkyl halides is 3. The molecule has 24 heavy (non-hydrogen) atoms. The Labute approximate surface area is 140 Å². The zero-order chi connectivity index (χ0) is 17.5. The van der Waals surface area contributed by atoms with E-state index in [2.05, 4.69) is 10.3 Å². The minimum atomic E-state index is -4.50.